The second-order valence-electron chi connectivity index (χ2n) is 4.27. The van der Waals surface area contributed by atoms with Crippen LogP contribution in [-0.2, 0) is 4.79 Å². The van der Waals surface area contributed by atoms with Crippen LogP contribution in [0.3, 0.4) is 0 Å². The second kappa shape index (κ2) is 5.35. The van der Waals surface area contributed by atoms with Crippen LogP contribution in [0.15, 0.2) is 0 Å². The summed E-state index contributed by atoms with van der Waals surface area (Å²) in [4.78, 5) is 13.9. The minimum Gasteiger partial charge on any atom is -0.339 e. The van der Waals surface area contributed by atoms with Crippen LogP contribution in [0.2, 0.25) is 0 Å². The summed E-state index contributed by atoms with van der Waals surface area (Å²) in [7, 11) is 0. The van der Waals surface area contributed by atoms with Crippen LogP contribution in [0, 0.1) is 0 Å². The molecule has 0 bridgehead atoms. The van der Waals surface area contributed by atoms with Crippen molar-refractivity contribution >= 4 is 5.91 Å². The Hall–Kier alpha value is -0.570. The van der Waals surface area contributed by atoms with E-state index < -0.39 is 0 Å². The van der Waals surface area contributed by atoms with Gasteiger partial charge in [0.15, 0.2) is 0 Å². The Morgan fingerprint density at radius 1 is 1.57 bits per heavy atom. The molecule has 1 amide bonds. The standard InChI is InChI=1S/C11H22N2O/c1-3-6-10(12)11(14)13-8-5-4-7-9(13)2/h9-10H,3-8,12H2,1-2H3. The molecule has 3 nitrogen and oxygen atoms in total. The van der Waals surface area contributed by atoms with Gasteiger partial charge in [0.1, 0.15) is 0 Å². The first-order chi connectivity index (χ1) is 6.66. The molecule has 1 saturated heterocycles. The SMILES string of the molecule is CCCC(N)C(=O)N1CCCCC1C. The lowest BCUT2D eigenvalue weighted by atomic mass is 10.0. The van der Waals surface area contributed by atoms with Gasteiger partial charge in [-0.05, 0) is 32.6 Å². The molecule has 0 aromatic rings. The normalized spacial score (nSPS) is 24.8. The number of likely N-dealkylation sites (tertiary alicyclic amines) is 1. The quantitative estimate of drug-likeness (QED) is 0.747. The van der Waals surface area contributed by atoms with Gasteiger partial charge in [0.2, 0.25) is 5.91 Å². The van der Waals surface area contributed by atoms with E-state index in [1.165, 1.54) is 6.42 Å². The fourth-order valence-electron chi connectivity index (χ4n) is 2.07. The van der Waals surface area contributed by atoms with Gasteiger partial charge in [0, 0.05) is 12.6 Å². The van der Waals surface area contributed by atoms with Gasteiger partial charge in [-0.3, -0.25) is 4.79 Å². The van der Waals surface area contributed by atoms with Crippen molar-refractivity contribution in [2.75, 3.05) is 6.54 Å². The van der Waals surface area contributed by atoms with Gasteiger partial charge in [0.05, 0.1) is 6.04 Å². The van der Waals surface area contributed by atoms with Crippen molar-refractivity contribution in [1.82, 2.24) is 4.90 Å². The molecule has 1 fully saturated rings. The first-order valence-corrected chi connectivity index (χ1v) is 5.73. The van der Waals surface area contributed by atoms with Crippen LogP contribution in [0.4, 0.5) is 0 Å². The molecule has 1 rings (SSSR count). The highest BCUT2D eigenvalue weighted by molar-refractivity contribution is 5.81. The van der Waals surface area contributed by atoms with E-state index in [1.54, 1.807) is 0 Å². The molecule has 0 aromatic heterocycles. The highest BCUT2D eigenvalue weighted by Crippen LogP contribution is 2.17. The average Bonchev–Trinajstić information content (AvgIpc) is 2.18. The first-order valence-electron chi connectivity index (χ1n) is 5.73. The van der Waals surface area contributed by atoms with Crippen molar-refractivity contribution in [2.24, 2.45) is 5.73 Å². The number of nitrogens with two attached hydrogens (primary N) is 1. The smallest absolute Gasteiger partial charge is 0.239 e. The van der Waals surface area contributed by atoms with E-state index in [2.05, 4.69) is 13.8 Å². The fraction of sp³-hybridized carbons (Fsp3) is 0.909. The predicted octanol–water partition coefficient (Wildman–Crippen LogP) is 1.51. The second-order valence-corrected chi connectivity index (χ2v) is 4.27. The molecule has 0 saturated carbocycles. The Kier molecular flexibility index (Phi) is 4.39. The molecular formula is C11H22N2O. The predicted molar refractivity (Wildman–Crippen MR) is 57.9 cm³/mol. The Balaban J connectivity index is 2.49. The van der Waals surface area contributed by atoms with E-state index in [0.29, 0.717) is 6.04 Å². The lowest BCUT2D eigenvalue weighted by Gasteiger charge is -2.35. The zero-order chi connectivity index (χ0) is 10.6. The molecule has 0 spiro atoms. The summed E-state index contributed by atoms with van der Waals surface area (Å²) < 4.78 is 0. The van der Waals surface area contributed by atoms with Gasteiger partial charge < -0.3 is 10.6 Å². The highest BCUT2D eigenvalue weighted by atomic mass is 16.2. The van der Waals surface area contributed by atoms with Crippen molar-refractivity contribution < 1.29 is 4.79 Å². The van der Waals surface area contributed by atoms with Crippen LogP contribution in [0.5, 0.6) is 0 Å². The van der Waals surface area contributed by atoms with Gasteiger partial charge in [0.25, 0.3) is 0 Å². The highest BCUT2D eigenvalue weighted by Gasteiger charge is 2.26. The number of piperidine rings is 1. The number of carbonyl (C=O) groups excluding carboxylic acids is 1. The van der Waals surface area contributed by atoms with Crippen molar-refractivity contribution in [3.05, 3.63) is 0 Å². The van der Waals surface area contributed by atoms with Crippen LogP contribution < -0.4 is 5.73 Å². The molecule has 0 aromatic carbocycles. The minimum atomic E-state index is -0.277. The van der Waals surface area contributed by atoms with Crippen LogP contribution in [-0.4, -0.2) is 29.4 Å². The summed E-state index contributed by atoms with van der Waals surface area (Å²) in [5, 5.41) is 0. The van der Waals surface area contributed by atoms with Crippen molar-refractivity contribution in [2.45, 2.75) is 58.0 Å². The number of amides is 1. The minimum absolute atomic E-state index is 0.152. The van der Waals surface area contributed by atoms with E-state index in [-0.39, 0.29) is 11.9 Å². The third kappa shape index (κ3) is 2.71. The molecule has 82 valence electrons. The van der Waals surface area contributed by atoms with Gasteiger partial charge in [-0.1, -0.05) is 13.3 Å². The topological polar surface area (TPSA) is 46.3 Å². The van der Waals surface area contributed by atoms with Crippen molar-refractivity contribution in [3.63, 3.8) is 0 Å². The van der Waals surface area contributed by atoms with E-state index in [4.69, 9.17) is 5.73 Å². The molecule has 1 heterocycles. The summed E-state index contributed by atoms with van der Waals surface area (Å²) in [6.07, 6.45) is 5.30. The molecule has 0 aliphatic carbocycles. The Labute approximate surface area is 86.6 Å². The summed E-state index contributed by atoms with van der Waals surface area (Å²) in [6, 6.07) is 0.111. The molecule has 2 N–H and O–H groups in total. The molecule has 1 aliphatic heterocycles. The van der Waals surface area contributed by atoms with E-state index in [0.717, 1.165) is 32.2 Å². The molecule has 1 aliphatic rings. The van der Waals surface area contributed by atoms with E-state index in [9.17, 15) is 4.79 Å². The van der Waals surface area contributed by atoms with E-state index in [1.807, 2.05) is 4.90 Å². The maximum atomic E-state index is 11.9. The molecule has 14 heavy (non-hydrogen) atoms. The fourth-order valence-corrected chi connectivity index (χ4v) is 2.07. The van der Waals surface area contributed by atoms with E-state index >= 15 is 0 Å². The average molecular weight is 198 g/mol. The zero-order valence-electron chi connectivity index (χ0n) is 9.33. The van der Waals surface area contributed by atoms with Crippen LogP contribution >= 0.6 is 0 Å². The number of hydrogen-bond acceptors (Lipinski definition) is 2. The maximum absolute atomic E-state index is 11.9. The number of nitrogens with zero attached hydrogens (tertiary/aromatic N) is 1. The first kappa shape index (κ1) is 11.5. The summed E-state index contributed by atoms with van der Waals surface area (Å²) in [5.74, 6) is 0.152. The number of hydrogen-bond donors (Lipinski definition) is 1. The lowest BCUT2D eigenvalue weighted by Crippen LogP contribution is -2.49. The molecule has 3 heteroatoms. The van der Waals surface area contributed by atoms with Crippen LogP contribution in [0.25, 0.3) is 0 Å². The third-order valence-corrected chi connectivity index (χ3v) is 3.00. The van der Waals surface area contributed by atoms with Crippen molar-refractivity contribution in [3.8, 4) is 0 Å². The monoisotopic (exact) mass is 198 g/mol. The summed E-state index contributed by atoms with van der Waals surface area (Å²) >= 11 is 0. The lowest BCUT2D eigenvalue weighted by molar-refractivity contribution is -0.136. The van der Waals surface area contributed by atoms with Gasteiger partial charge in [-0.15, -0.1) is 0 Å². The largest absolute Gasteiger partial charge is 0.339 e. The Bertz CT molecular complexity index is 194. The molecule has 0 radical (unpaired) electrons. The van der Waals surface area contributed by atoms with Gasteiger partial charge in [-0.2, -0.15) is 0 Å². The van der Waals surface area contributed by atoms with Gasteiger partial charge in [-0.25, -0.2) is 0 Å². The zero-order valence-corrected chi connectivity index (χ0v) is 9.33. The molecule has 2 atom stereocenters. The Morgan fingerprint density at radius 3 is 2.86 bits per heavy atom. The molecular weight excluding hydrogens is 176 g/mol. The summed E-state index contributed by atoms with van der Waals surface area (Å²) in [5.41, 5.74) is 5.83. The number of rotatable bonds is 3. The Morgan fingerprint density at radius 2 is 2.29 bits per heavy atom. The number of carbonyl (C=O) groups is 1. The maximum Gasteiger partial charge on any atom is 0.239 e. The molecule has 2 unspecified atom stereocenters. The third-order valence-electron chi connectivity index (χ3n) is 3.00. The van der Waals surface area contributed by atoms with Crippen LogP contribution in [0.1, 0.15) is 46.0 Å². The van der Waals surface area contributed by atoms with Crippen molar-refractivity contribution in [1.29, 1.82) is 0 Å². The van der Waals surface area contributed by atoms with Gasteiger partial charge >= 0.3 is 0 Å². The summed E-state index contributed by atoms with van der Waals surface area (Å²) in [6.45, 7) is 5.08.